The van der Waals surface area contributed by atoms with E-state index in [1.54, 1.807) is 13.8 Å². The van der Waals surface area contributed by atoms with Crippen molar-refractivity contribution < 1.29 is 17.6 Å². The van der Waals surface area contributed by atoms with Gasteiger partial charge in [0.2, 0.25) is 0 Å². The van der Waals surface area contributed by atoms with Gasteiger partial charge in [0.25, 0.3) is 0 Å². The lowest BCUT2D eigenvalue weighted by atomic mass is 9.94. The predicted molar refractivity (Wildman–Crippen MR) is 73.5 cm³/mol. The molecule has 1 aromatic heterocycles. The molecule has 1 aromatic carbocycles. The average Bonchev–Trinajstić information content (AvgIpc) is 2.70. The molecule has 0 fully saturated rings. The van der Waals surface area contributed by atoms with Gasteiger partial charge in [0, 0.05) is 5.56 Å². The molecule has 1 atom stereocenters. The number of hydrogen-bond acceptors (Lipinski definition) is 3. The molecular formula is C15H17F3N2O. The highest BCUT2D eigenvalue weighted by Gasteiger charge is 2.31. The van der Waals surface area contributed by atoms with Crippen molar-refractivity contribution in [3.63, 3.8) is 0 Å². The van der Waals surface area contributed by atoms with Gasteiger partial charge in [-0.15, -0.1) is 0 Å². The van der Waals surface area contributed by atoms with E-state index in [1.807, 2.05) is 13.0 Å². The summed E-state index contributed by atoms with van der Waals surface area (Å²) in [5.74, 6) is 7.01. The van der Waals surface area contributed by atoms with Crippen LogP contribution in [-0.2, 0) is 6.18 Å². The first-order valence-corrected chi connectivity index (χ1v) is 6.45. The zero-order valence-corrected chi connectivity index (χ0v) is 12.0. The van der Waals surface area contributed by atoms with Crippen LogP contribution in [0.5, 0.6) is 0 Å². The van der Waals surface area contributed by atoms with Crippen LogP contribution in [0.3, 0.4) is 0 Å². The van der Waals surface area contributed by atoms with Gasteiger partial charge >= 0.3 is 6.18 Å². The molecule has 0 aliphatic rings. The molecule has 1 unspecified atom stereocenters. The van der Waals surface area contributed by atoms with Crippen LogP contribution in [0.1, 0.15) is 39.8 Å². The lowest BCUT2D eigenvalue weighted by Gasteiger charge is -2.19. The Kier molecular flexibility index (Phi) is 4.11. The van der Waals surface area contributed by atoms with Crippen LogP contribution in [0.2, 0.25) is 0 Å². The molecule has 0 spiro atoms. The van der Waals surface area contributed by atoms with Gasteiger partial charge in [0.05, 0.1) is 11.6 Å². The van der Waals surface area contributed by atoms with E-state index in [0.29, 0.717) is 16.9 Å². The number of furan rings is 1. The Morgan fingerprint density at radius 2 is 1.76 bits per heavy atom. The third kappa shape index (κ3) is 3.11. The Bertz CT molecular complexity index is 647. The molecule has 0 saturated heterocycles. The van der Waals surface area contributed by atoms with Gasteiger partial charge in [-0.2, -0.15) is 13.2 Å². The maximum Gasteiger partial charge on any atom is 0.416 e. The molecule has 2 rings (SSSR count). The second-order valence-electron chi connectivity index (χ2n) is 5.04. The smallest absolute Gasteiger partial charge is 0.416 e. The number of halogens is 3. The van der Waals surface area contributed by atoms with E-state index in [2.05, 4.69) is 5.43 Å². The molecule has 0 amide bonds. The Morgan fingerprint density at radius 1 is 1.10 bits per heavy atom. The fraction of sp³-hybridized carbons (Fsp3) is 0.333. The van der Waals surface area contributed by atoms with Crippen LogP contribution >= 0.6 is 0 Å². The van der Waals surface area contributed by atoms with Crippen LogP contribution < -0.4 is 11.3 Å². The van der Waals surface area contributed by atoms with Gasteiger partial charge in [-0.1, -0.05) is 6.07 Å². The Balaban J connectivity index is 2.46. The maximum atomic E-state index is 12.7. The molecular weight excluding hydrogens is 281 g/mol. The minimum atomic E-state index is -4.35. The van der Waals surface area contributed by atoms with E-state index >= 15 is 0 Å². The van der Waals surface area contributed by atoms with Crippen molar-refractivity contribution in [1.82, 2.24) is 5.43 Å². The van der Waals surface area contributed by atoms with E-state index in [0.717, 1.165) is 23.5 Å². The van der Waals surface area contributed by atoms with Crippen LogP contribution in [0.4, 0.5) is 13.2 Å². The van der Waals surface area contributed by atoms with Gasteiger partial charge in [-0.25, -0.2) is 5.43 Å². The Hall–Kier alpha value is -1.79. The quantitative estimate of drug-likeness (QED) is 0.670. The van der Waals surface area contributed by atoms with Gasteiger partial charge in [0.15, 0.2) is 0 Å². The second-order valence-corrected chi connectivity index (χ2v) is 5.04. The predicted octanol–water partition coefficient (Wildman–Crippen LogP) is 3.78. The number of aryl methyl sites for hydroxylation is 3. The summed E-state index contributed by atoms with van der Waals surface area (Å²) in [6.45, 7) is 5.24. The molecule has 0 aliphatic heterocycles. The molecule has 2 aromatic rings. The van der Waals surface area contributed by atoms with Gasteiger partial charge in [-0.3, -0.25) is 5.84 Å². The van der Waals surface area contributed by atoms with Gasteiger partial charge < -0.3 is 4.42 Å². The average molecular weight is 298 g/mol. The standard InChI is InChI=1S/C15H17F3N2O/c1-8-6-11(15(16,17)18)4-5-12(8)14(20-19)13-7-9(2)21-10(13)3/h4-7,14,20H,19H2,1-3H3. The zero-order valence-electron chi connectivity index (χ0n) is 12.0. The summed E-state index contributed by atoms with van der Waals surface area (Å²) in [5, 5.41) is 0. The van der Waals surface area contributed by atoms with Crippen molar-refractivity contribution in [2.45, 2.75) is 33.0 Å². The van der Waals surface area contributed by atoms with E-state index in [9.17, 15) is 13.2 Å². The number of rotatable bonds is 3. The highest BCUT2D eigenvalue weighted by Crippen LogP contribution is 2.34. The summed E-state index contributed by atoms with van der Waals surface area (Å²) >= 11 is 0. The monoisotopic (exact) mass is 298 g/mol. The van der Waals surface area contributed by atoms with Crippen LogP contribution in [0.15, 0.2) is 28.7 Å². The molecule has 0 aliphatic carbocycles. The molecule has 3 N–H and O–H groups in total. The third-order valence-corrected chi connectivity index (χ3v) is 3.47. The van der Waals surface area contributed by atoms with Crippen molar-refractivity contribution in [2.24, 2.45) is 5.84 Å². The summed E-state index contributed by atoms with van der Waals surface area (Å²) < 4.78 is 43.6. The highest BCUT2D eigenvalue weighted by atomic mass is 19.4. The van der Waals surface area contributed by atoms with Crippen LogP contribution in [-0.4, -0.2) is 0 Å². The normalized spacial score (nSPS) is 13.5. The fourth-order valence-corrected chi connectivity index (χ4v) is 2.46. The van der Waals surface area contributed by atoms with E-state index in [-0.39, 0.29) is 0 Å². The van der Waals surface area contributed by atoms with Gasteiger partial charge in [0.1, 0.15) is 11.5 Å². The number of hydrazine groups is 1. The van der Waals surface area contributed by atoms with E-state index < -0.39 is 17.8 Å². The van der Waals surface area contributed by atoms with E-state index in [4.69, 9.17) is 10.3 Å². The van der Waals surface area contributed by atoms with Crippen molar-refractivity contribution in [3.8, 4) is 0 Å². The summed E-state index contributed by atoms with van der Waals surface area (Å²) in [7, 11) is 0. The topological polar surface area (TPSA) is 51.2 Å². The zero-order chi connectivity index (χ0) is 15.8. The Morgan fingerprint density at radius 3 is 2.19 bits per heavy atom. The molecule has 6 heteroatoms. The summed E-state index contributed by atoms with van der Waals surface area (Å²) in [6, 6.07) is 5.06. The number of hydrogen-bond donors (Lipinski definition) is 2. The van der Waals surface area contributed by atoms with Crippen LogP contribution in [0.25, 0.3) is 0 Å². The summed E-state index contributed by atoms with van der Waals surface area (Å²) in [4.78, 5) is 0. The first kappa shape index (κ1) is 15.6. The van der Waals surface area contributed by atoms with Crippen molar-refractivity contribution >= 4 is 0 Å². The Labute approximate surface area is 120 Å². The first-order chi connectivity index (χ1) is 9.74. The molecule has 0 bridgehead atoms. The maximum absolute atomic E-state index is 12.7. The first-order valence-electron chi connectivity index (χ1n) is 6.45. The highest BCUT2D eigenvalue weighted by molar-refractivity contribution is 5.41. The second kappa shape index (κ2) is 5.54. The minimum absolute atomic E-state index is 0.412. The fourth-order valence-electron chi connectivity index (χ4n) is 2.46. The lowest BCUT2D eigenvalue weighted by molar-refractivity contribution is -0.137. The SMILES string of the molecule is Cc1cc(C(NN)c2ccc(C(F)(F)F)cc2C)c(C)o1. The van der Waals surface area contributed by atoms with Crippen molar-refractivity contribution in [2.75, 3.05) is 0 Å². The molecule has 3 nitrogen and oxygen atoms in total. The van der Waals surface area contributed by atoms with Gasteiger partial charge in [-0.05, 0) is 50.1 Å². The molecule has 1 heterocycles. The molecule has 21 heavy (non-hydrogen) atoms. The molecule has 0 radical (unpaired) electrons. The number of benzene rings is 1. The number of nitrogens with one attached hydrogen (secondary N) is 1. The van der Waals surface area contributed by atoms with E-state index in [1.165, 1.54) is 6.07 Å². The number of alkyl halides is 3. The molecule has 0 saturated carbocycles. The minimum Gasteiger partial charge on any atom is -0.466 e. The third-order valence-electron chi connectivity index (χ3n) is 3.47. The summed E-state index contributed by atoms with van der Waals surface area (Å²) in [6.07, 6.45) is -4.35. The summed E-state index contributed by atoms with van der Waals surface area (Å²) in [5.41, 5.74) is 4.01. The number of nitrogens with two attached hydrogens (primary N) is 1. The lowest BCUT2D eigenvalue weighted by Crippen LogP contribution is -2.29. The van der Waals surface area contributed by atoms with Crippen molar-refractivity contribution in [3.05, 3.63) is 58.0 Å². The molecule has 114 valence electrons. The van der Waals surface area contributed by atoms with Crippen molar-refractivity contribution in [1.29, 1.82) is 0 Å². The van der Waals surface area contributed by atoms with Crippen LogP contribution in [0, 0.1) is 20.8 Å². The largest absolute Gasteiger partial charge is 0.466 e.